The van der Waals surface area contributed by atoms with Crippen molar-refractivity contribution in [3.8, 4) is 16.6 Å². The van der Waals surface area contributed by atoms with Crippen LogP contribution in [0, 0.1) is 18.3 Å². The molecular weight excluding hydrogens is 206 g/mol. The predicted octanol–water partition coefficient (Wildman–Crippen LogP) is 2.57. The highest BCUT2D eigenvalue weighted by molar-refractivity contribution is 7.13. The molecule has 0 aliphatic carbocycles. The molecule has 74 valence electrons. The summed E-state index contributed by atoms with van der Waals surface area (Å²) in [5.74, 6) is 0. The van der Waals surface area contributed by atoms with Crippen LogP contribution in [-0.4, -0.2) is 4.98 Å². The van der Waals surface area contributed by atoms with E-state index in [1.807, 2.05) is 24.4 Å². The van der Waals surface area contributed by atoms with Crippen LogP contribution >= 0.6 is 11.3 Å². The summed E-state index contributed by atoms with van der Waals surface area (Å²) in [6, 6.07) is 7.54. The molecule has 0 aliphatic heterocycles. The topological polar surface area (TPSA) is 62.7 Å². The Morgan fingerprint density at radius 2 is 2.27 bits per heavy atom. The molecule has 1 aromatic carbocycles. The summed E-state index contributed by atoms with van der Waals surface area (Å²) in [6.45, 7) is 1.93. The normalized spacial score (nSPS) is 9.87. The smallest absolute Gasteiger partial charge is 0.125 e. The monoisotopic (exact) mass is 215 g/mol. The van der Waals surface area contributed by atoms with Crippen molar-refractivity contribution in [3.63, 3.8) is 0 Å². The molecule has 3 nitrogen and oxygen atoms in total. The molecule has 0 atom stereocenters. The first-order chi connectivity index (χ1) is 7.22. The molecule has 0 spiro atoms. The molecule has 2 rings (SSSR count). The van der Waals surface area contributed by atoms with Gasteiger partial charge in [0.15, 0.2) is 0 Å². The molecule has 1 heterocycles. The molecule has 2 aromatic rings. The fraction of sp³-hybridized carbons (Fsp3) is 0.0909. The number of hydrogen-bond donors (Lipinski definition) is 1. The fourth-order valence-electron chi connectivity index (χ4n) is 1.35. The van der Waals surface area contributed by atoms with Gasteiger partial charge in [0.05, 0.1) is 11.3 Å². The summed E-state index contributed by atoms with van der Waals surface area (Å²) < 4.78 is 0. The Labute approximate surface area is 91.8 Å². The van der Waals surface area contributed by atoms with Gasteiger partial charge in [0.25, 0.3) is 0 Å². The lowest BCUT2D eigenvalue weighted by Gasteiger charge is -2.02. The van der Waals surface area contributed by atoms with Crippen LogP contribution < -0.4 is 5.73 Å². The summed E-state index contributed by atoms with van der Waals surface area (Å²) in [6.07, 6.45) is 0. The van der Waals surface area contributed by atoms with Gasteiger partial charge in [-0.3, -0.25) is 0 Å². The van der Waals surface area contributed by atoms with Crippen molar-refractivity contribution in [2.45, 2.75) is 6.92 Å². The van der Waals surface area contributed by atoms with Crippen LogP contribution in [0.5, 0.6) is 0 Å². The second kappa shape index (κ2) is 3.71. The van der Waals surface area contributed by atoms with Gasteiger partial charge in [-0.2, -0.15) is 5.26 Å². The largest absolute Gasteiger partial charge is 0.398 e. The molecule has 0 bridgehead atoms. The van der Waals surface area contributed by atoms with E-state index in [4.69, 9.17) is 11.0 Å². The highest BCUT2D eigenvalue weighted by Crippen LogP contribution is 2.29. The Kier molecular flexibility index (Phi) is 2.40. The van der Waals surface area contributed by atoms with Gasteiger partial charge in [-0.1, -0.05) is 12.1 Å². The number of aromatic nitrogens is 1. The van der Waals surface area contributed by atoms with E-state index < -0.39 is 0 Å². The third-order valence-corrected chi connectivity index (χ3v) is 3.05. The highest BCUT2D eigenvalue weighted by Gasteiger charge is 2.10. The van der Waals surface area contributed by atoms with E-state index in [-0.39, 0.29) is 0 Å². The van der Waals surface area contributed by atoms with Crippen LogP contribution in [-0.2, 0) is 0 Å². The van der Waals surface area contributed by atoms with E-state index in [1.165, 1.54) is 11.3 Å². The van der Waals surface area contributed by atoms with Crippen molar-refractivity contribution in [1.82, 2.24) is 4.98 Å². The number of rotatable bonds is 1. The van der Waals surface area contributed by atoms with Gasteiger partial charge in [-0.15, -0.1) is 11.3 Å². The average molecular weight is 215 g/mol. The molecule has 0 radical (unpaired) electrons. The maximum absolute atomic E-state index is 9.01. The number of anilines is 1. The van der Waals surface area contributed by atoms with E-state index in [9.17, 15) is 0 Å². The molecule has 0 amide bonds. The quantitative estimate of drug-likeness (QED) is 0.743. The van der Waals surface area contributed by atoms with E-state index in [0.717, 1.165) is 16.3 Å². The summed E-state index contributed by atoms with van der Waals surface area (Å²) in [5, 5.41) is 11.8. The number of benzene rings is 1. The number of thiazole rings is 1. The van der Waals surface area contributed by atoms with Crippen molar-refractivity contribution in [2.24, 2.45) is 0 Å². The molecule has 0 saturated carbocycles. The Hall–Kier alpha value is -1.86. The standard InChI is InChI=1S/C11H9N3S/c1-7-6-15-11(14-7)8-3-2-4-10(13)9(8)5-12/h2-4,6H,13H2,1H3. The Morgan fingerprint density at radius 3 is 2.87 bits per heavy atom. The van der Waals surface area contributed by atoms with E-state index in [2.05, 4.69) is 11.1 Å². The third kappa shape index (κ3) is 1.69. The van der Waals surface area contributed by atoms with Crippen LogP contribution in [0.2, 0.25) is 0 Å². The van der Waals surface area contributed by atoms with Crippen molar-refractivity contribution in [3.05, 3.63) is 34.8 Å². The van der Waals surface area contributed by atoms with Gasteiger partial charge < -0.3 is 5.73 Å². The van der Waals surface area contributed by atoms with E-state index in [1.54, 1.807) is 6.07 Å². The average Bonchev–Trinajstić information content (AvgIpc) is 2.64. The van der Waals surface area contributed by atoms with Crippen molar-refractivity contribution >= 4 is 17.0 Å². The Bertz CT molecular complexity index is 537. The molecule has 0 saturated heterocycles. The maximum atomic E-state index is 9.01. The summed E-state index contributed by atoms with van der Waals surface area (Å²) in [7, 11) is 0. The zero-order valence-corrected chi connectivity index (χ0v) is 9.01. The lowest BCUT2D eigenvalue weighted by atomic mass is 10.1. The SMILES string of the molecule is Cc1csc(-c2cccc(N)c2C#N)n1. The Morgan fingerprint density at radius 1 is 1.47 bits per heavy atom. The molecule has 15 heavy (non-hydrogen) atoms. The van der Waals surface area contributed by atoms with Gasteiger partial charge >= 0.3 is 0 Å². The second-order valence-electron chi connectivity index (χ2n) is 3.18. The minimum Gasteiger partial charge on any atom is -0.398 e. The molecule has 2 N–H and O–H groups in total. The lowest BCUT2D eigenvalue weighted by molar-refractivity contribution is 1.27. The zero-order valence-electron chi connectivity index (χ0n) is 8.19. The van der Waals surface area contributed by atoms with Crippen LogP contribution in [0.3, 0.4) is 0 Å². The van der Waals surface area contributed by atoms with Crippen molar-refractivity contribution in [1.29, 1.82) is 5.26 Å². The van der Waals surface area contributed by atoms with Crippen LogP contribution in [0.1, 0.15) is 11.3 Å². The predicted molar refractivity (Wildman–Crippen MR) is 61.4 cm³/mol. The van der Waals surface area contributed by atoms with Gasteiger partial charge in [0, 0.05) is 16.6 Å². The Balaban J connectivity index is 2.63. The van der Waals surface area contributed by atoms with Crippen LogP contribution in [0.25, 0.3) is 10.6 Å². The lowest BCUT2D eigenvalue weighted by Crippen LogP contribution is -1.92. The number of nitrogen functional groups attached to an aromatic ring is 1. The summed E-state index contributed by atoms with van der Waals surface area (Å²) in [5.41, 5.74) is 8.51. The summed E-state index contributed by atoms with van der Waals surface area (Å²) >= 11 is 1.52. The van der Waals surface area contributed by atoms with E-state index >= 15 is 0 Å². The minimum absolute atomic E-state index is 0.503. The molecule has 1 aromatic heterocycles. The first kappa shape index (κ1) is 9.69. The first-order valence-corrected chi connectivity index (χ1v) is 5.31. The highest BCUT2D eigenvalue weighted by atomic mass is 32.1. The minimum atomic E-state index is 0.503. The van der Waals surface area contributed by atoms with Crippen molar-refractivity contribution < 1.29 is 0 Å². The van der Waals surface area contributed by atoms with E-state index in [0.29, 0.717) is 11.3 Å². The second-order valence-corrected chi connectivity index (χ2v) is 4.03. The van der Waals surface area contributed by atoms with Crippen LogP contribution in [0.15, 0.2) is 23.6 Å². The first-order valence-electron chi connectivity index (χ1n) is 4.43. The van der Waals surface area contributed by atoms with Gasteiger partial charge in [0.1, 0.15) is 11.1 Å². The van der Waals surface area contributed by atoms with Crippen LogP contribution in [0.4, 0.5) is 5.69 Å². The molecular formula is C11H9N3S. The molecule has 4 heteroatoms. The fourth-order valence-corrected chi connectivity index (χ4v) is 2.18. The summed E-state index contributed by atoms with van der Waals surface area (Å²) in [4.78, 5) is 4.34. The maximum Gasteiger partial charge on any atom is 0.125 e. The number of nitrogens with zero attached hydrogens (tertiary/aromatic N) is 2. The van der Waals surface area contributed by atoms with Gasteiger partial charge in [-0.05, 0) is 13.0 Å². The third-order valence-electron chi connectivity index (χ3n) is 2.06. The number of nitrogens with two attached hydrogens (primary N) is 1. The van der Waals surface area contributed by atoms with Gasteiger partial charge in [-0.25, -0.2) is 4.98 Å². The molecule has 0 fully saturated rings. The zero-order chi connectivity index (χ0) is 10.8. The molecule has 0 aliphatic rings. The number of aryl methyl sites for hydroxylation is 1. The number of hydrogen-bond acceptors (Lipinski definition) is 4. The van der Waals surface area contributed by atoms with Gasteiger partial charge in [0.2, 0.25) is 0 Å². The number of nitriles is 1. The molecule has 0 unspecified atom stereocenters. The van der Waals surface area contributed by atoms with Crippen molar-refractivity contribution in [2.75, 3.05) is 5.73 Å².